The van der Waals surface area contributed by atoms with Crippen molar-refractivity contribution in [1.82, 2.24) is 20.3 Å². The van der Waals surface area contributed by atoms with E-state index in [1.165, 1.54) is 11.8 Å². The first kappa shape index (κ1) is 14.4. The number of nitrogens with two attached hydrogens (primary N) is 1. The number of esters is 1. The van der Waals surface area contributed by atoms with Crippen LogP contribution in [-0.2, 0) is 16.0 Å². The molecule has 1 aromatic heterocycles. The van der Waals surface area contributed by atoms with Gasteiger partial charge < -0.3 is 15.8 Å². The number of hydrogen-bond donors (Lipinski definition) is 2. The van der Waals surface area contributed by atoms with Crippen molar-refractivity contribution in [3.8, 4) is 0 Å². The van der Waals surface area contributed by atoms with E-state index in [1.807, 2.05) is 0 Å². The summed E-state index contributed by atoms with van der Waals surface area (Å²) in [5.74, 6) is -0.707. The Kier molecular flexibility index (Phi) is 4.33. The van der Waals surface area contributed by atoms with E-state index in [0.717, 1.165) is 12.8 Å². The summed E-state index contributed by atoms with van der Waals surface area (Å²) in [4.78, 5) is 23.7. The third kappa shape index (κ3) is 2.96. The van der Waals surface area contributed by atoms with Crippen LogP contribution in [0, 0.1) is 0 Å². The van der Waals surface area contributed by atoms with Crippen molar-refractivity contribution < 1.29 is 14.3 Å². The molecule has 0 bridgehead atoms. The molecule has 1 fully saturated rings. The van der Waals surface area contributed by atoms with E-state index in [4.69, 9.17) is 5.73 Å². The topological polar surface area (TPSA) is 112 Å². The van der Waals surface area contributed by atoms with Crippen LogP contribution in [0.25, 0.3) is 0 Å². The minimum absolute atomic E-state index is 0.115. The van der Waals surface area contributed by atoms with Crippen LogP contribution in [-0.4, -0.2) is 46.6 Å². The summed E-state index contributed by atoms with van der Waals surface area (Å²) < 4.78 is 6.10. The molecule has 1 unspecified atom stereocenters. The predicted octanol–water partition coefficient (Wildman–Crippen LogP) is -0.594. The van der Waals surface area contributed by atoms with Crippen LogP contribution in [0.2, 0.25) is 0 Å². The van der Waals surface area contributed by atoms with Crippen LogP contribution < -0.4 is 11.1 Å². The summed E-state index contributed by atoms with van der Waals surface area (Å²) in [6.45, 7) is 2.04. The quantitative estimate of drug-likeness (QED) is 0.674. The number of ether oxygens (including phenoxy) is 1. The van der Waals surface area contributed by atoms with Crippen LogP contribution >= 0.6 is 0 Å². The molecule has 1 heterocycles. The smallest absolute Gasteiger partial charge is 0.360 e. The highest BCUT2D eigenvalue weighted by molar-refractivity contribution is 5.88. The SMILES string of the molecule is COC(=O)c1nnn(C(C)C(=O)NC2CC2)c1CCN. The molecule has 8 heteroatoms. The number of amides is 1. The van der Waals surface area contributed by atoms with Crippen LogP contribution in [0.3, 0.4) is 0 Å². The van der Waals surface area contributed by atoms with Crippen molar-refractivity contribution in [3.63, 3.8) is 0 Å². The second-order valence-electron chi connectivity index (χ2n) is 4.82. The zero-order valence-corrected chi connectivity index (χ0v) is 11.6. The van der Waals surface area contributed by atoms with E-state index >= 15 is 0 Å². The molecule has 3 N–H and O–H groups in total. The molecule has 110 valence electrons. The molecule has 20 heavy (non-hydrogen) atoms. The van der Waals surface area contributed by atoms with E-state index in [9.17, 15) is 9.59 Å². The largest absolute Gasteiger partial charge is 0.464 e. The van der Waals surface area contributed by atoms with Crippen LogP contribution in [0.5, 0.6) is 0 Å². The Morgan fingerprint density at radius 3 is 2.80 bits per heavy atom. The first-order chi connectivity index (χ1) is 9.58. The first-order valence-electron chi connectivity index (χ1n) is 6.61. The van der Waals surface area contributed by atoms with E-state index < -0.39 is 12.0 Å². The minimum Gasteiger partial charge on any atom is -0.464 e. The van der Waals surface area contributed by atoms with E-state index in [-0.39, 0.29) is 17.6 Å². The fraction of sp³-hybridized carbons (Fsp3) is 0.667. The number of hydrogen-bond acceptors (Lipinski definition) is 6. The lowest BCUT2D eigenvalue weighted by molar-refractivity contribution is -0.124. The highest BCUT2D eigenvalue weighted by atomic mass is 16.5. The maximum absolute atomic E-state index is 12.1. The van der Waals surface area contributed by atoms with Crippen molar-refractivity contribution in [3.05, 3.63) is 11.4 Å². The molecule has 1 aliphatic carbocycles. The third-order valence-electron chi connectivity index (χ3n) is 3.22. The highest BCUT2D eigenvalue weighted by Crippen LogP contribution is 2.20. The van der Waals surface area contributed by atoms with Crippen molar-refractivity contribution in [2.24, 2.45) is 5.73 Å². The molecular weight excluding hydrogens is 262 g/mol. The number of rotatable bonds is 6. The Hall–Kier alpha value is -1.96. The van der Waals surface area contributed by atoms with Gasteiger partial charge in [0.2, 0.25) is 5.91 Å². The summed E-state index contributed by atoms with van der Waals surface area (Å²) in [6.07, 6.45) is 2.43. The third-order valence-corrected chi connectivity index (χ3v) is 3.22. The molecule has 8 nitrogen and oxygen atoms in total. The first-order valence-corrected chi connectivity index (χ1v) is 6.61. The van der Waals surface area contributed by atoms with Gasteiger partial charge in [0.15, 0.2) is 5.69 Å². The molecule has 1 amide bonds. The number of nitrogens with zero attached hydrogens (tertiary/aromatic N) is 3. The van der Waals surface area contributed by atoms with E-state index in [0.29, 0.717) is 18.7 Å². The van der Waals surface area contributed by atoms with E-state index in [2.05, 4.69) is 20.4 Å². The fourth-order valence-electron chi connectivity index (χ4n) is 1.91. The second kappa shape index (κ2) is 6.00. The lowest BCUT2D eigenvalue weighted by atomic mass is 10.2. The van der Waals surface area contributed by atoms with Crippen LogP contribution in [0.4, 0.5) is 0 Å². The van der Waals surface area contributed by atoms with Crippen molar-refractivity contribution in [2.75, 3.05) is 13.7 Å². The molecule has 0 aromatic carbocycles. The van der Waals surface area contributed by atoms with Gasteiger partial charge in [-0.25, -0.2) is 9.48 Å². The summed E-state index contributed by atoms with van der Waals surface area (Å²) in [5, 5.41) is 10.6. The summed E-state index contributed by atoms with van der Waals surface area (Å²) in [6, 6.07) is -0.269. The maximum Gasteiger partial charge on any atom is 0.360 e. The number of aromatic nitrogens is 3. The Bertz CT molecular complexity index is 509. The maximum atomic E-state index is 12.1. The van der Waals surface area contributed by atoms with Gasteiger partial charge in [0, 0.05) is 12.5 Å². The zero-order valence-electron chi connectivity index (χ0n) is 11.6. The average molecular weight is 281 g/mol. The fourth-order valence-corrected chi connectivity index (χ4v) is 1.91. The van der Waals surface area contributed by atoms with Gasteiger partial charge in [0.25, 0.3) is 0 Å². The number of carbonyl (C=O) groups is 2. The molecule has 0 saturated heterocycles. The van der Waals surface area contributed by atoms with Gasteiger partial charge in [-0.1, -0.05) is 5.21 Å². The molecular formula is C12H19N5O3. The van der Waals surface area contributed by atoms with Crippen LogP contribution in [0.1, 0.15) is 42.0 Å². The van der Waals surface area contributed by atoms with Gasteiger partial charge in [0.1, 0.15) is 6.04 Å². The minimum atomic E-state index is -0.575. The average Bonchev–Trinajstić information content (AvgIpc) is 3.16. The Labute approximate surface area is 116 Å². The lowest BCUT2D eigenvalue weighted by Crippen LogP contribution is -2.34. The van der Waals surface area contributed by atoms with Crippen molar-refractivity contribution in [2.45, 2.75) is 38.3 Å². The Balaban J connectivity index is 2.22. The molecule has 1 atom stereocenters. The molecule has 2 rings (SSSR count). The van der Waals surface area contributed by atoms with Crippen molar-refractivity contribution in [1.29, 1.82) is 0 Å². The number of carbonyl (C=O) groups excluding carboxylic acids is 2. The highest BCUT2D eigenvalue weighted by Gasteiger charge is 2.29. The number of methoxy groups -OCH3 is 1. The molecule has 0 spiro atoms. The monoisotopic (exact) mass is 281 g/mol. The second-order valence-corrected chi connectivity index (χ2v) is 4.82. The summed E-state index contributed by atoms with van der Waals surface area (Å²) >= 11 is 0. The Morgan fingerprint density at radius 2 is 2.25 bits per heavy atom. The van der Waals surface area contributed by atoms with E-state index in [1.54, 1.807) is 6.92 Å². The molecule has 0 radical (unpaired) electrons. The van der Waals surface area contributed by atoms with Crippen molar-refractivity contribution >= 4 is 11.9 Å². The zero-order chi connectivity index (χ0) is 14.7. The van der Waals surface area contributed by atoms with Gasteiger partial charge in [-0.15, -0.1) is 5.10 Å². The lowest BCUT2D eigenvalue weighted by Gasteiger charge is -2.14. The standard InChI is InChI=1S/C12H19N5O3/c1-7(11(18)14-8-3-4-8)17-9(5-6-13)10(15-16-17)12(19)20-2/h7-8H,3-6,13H2,1-2H3,(H,14,18). The van der Waals surface area contributed by atoms with Gasteiger partial charge in [-0.05, 0) is 26.3 Å². The summed E-state index contributed by atoms with van der Waals surface area (Å²) in [5.41, 5.74) is 6.19. The molecule has 1 saturated carbocycles. The van der Waals surface area contributed by atoms with Gasteiger partial charge in [-0.2, -0.15) is 0 Å². The molecule has 1 aromatic rings. The van der Waals surface area contributed by atoms with Gasteiger partial charge >= 0.3 is 5.97 Å². The summed E-state index contributed by atoms with van der Waals surface area (Å²) in [7, 11) is 1.27. The number of nitrogens with one attached hydrogen (secondary N) is 1. The van der Waals surface area contributed by atoms with Gasteiger partial charge in [0.05, 0.1) is 12.8 Å². The van der Waals surface area contributed by atoms with Gasteiger partial charge in [-0.3, -0.25) is 4.79 Å². The Morgan fingerprint density at radius 1 is 1.55 bits per heavy atom. The normalized spacial score (nSPS) is 15.8. The molecule has 1 aliphatic rings. The van der Waals surface area contributed by atoms with Crippen LogP contribution in [0.15, 0.2) is 0 Å². The predicted molar refractivity (Wildman–Crippen MR) is 70.0 cm³/mol. The molecule has 0 aliphatic heterocycles.